The molecule has 2 aromatic heterocycles. The van der Waals surface area contributed by atoms with Gasteiger partial charge in [0.2, 0.25) is 17.7 Å². The molecule has 2 aromatic carbocycles. The molecular weight excluding hydrogens is 660 g/mol. The summed E-state index contributed by atoms with van der Waals surface area (Å²) in [7, 11) is 1.63. The van der Waals surface area contributed by atoms with E-state index in [1.54, 1.807) is 19.3 Å². The van der Waals surface area contributed by atoms with Crippen LogP contribution in [0.25, 0.3) is 10.9 Å². The number of aromatic nitrogens is 2. The molecule has 49 heavy (non-hydrogen) atoms. The third-order valence-electron chi connectivity index (χ3n) is 8.89. The van der Waals surface area contributed by atoms with Crippen molar-refractivity contribution in [2.75, 3.05) is 20.1 Å². The van der Waals surface area contributed by atoms with Gasteiger partial charge in [-0.15, -0.1) is 0 Å². The lowest BCUT2D eigenvalue weighted by Crippen LogP contribution is -2.57. The topological polar surface area (TPSA) is 171 Å². The second-order valence-corrected chi connectivity index (χ2v) is 13.7. The Kier molecular flexibility index (Phi) is 13.1. The third kappa shape index (κ3) is 9.20. The summed E-state index contributed by atoms with van der Waals surface area (Å²) in [5.41, 5.74) is 15.1. The zero-order valence-corrected chi connectivity index (χ0v) is 29.3. The molecule has 11 nitrogen and oxygen atoms in total. The second-order valence-electron chi connectivity index (χ2n) is 12.2. The second kappa shape index (κ2) is 17.6. The smallest absolute Gasteiger partial charge is 0.245 e. The predicted octanol–water partition coefficient (Wildman–Crippen LogP) is 3.88. The van der Waals surface area contributed by atoms with Crippen molar-refractivity contribution in [1.82, 2.24) is 30.8 Å². The number of rotatable bonds is 9. The summed E-state index contributed by atoms with van der Waals surface area (Å²) in [6.07, 6.45) is 6.65. The van der Waals surface area contributed by atoms with E-state index in [0.29, 0.717) is 56.8 Å². The van der Waals surface area contributed by atoms with Crippen LogP contribution in [0.2, 0.25) is 5.02 Å². The molecule has 1 aliphatic heterocycles. The van der Waals surface area contributed by atoms with Gasteiger partial charge < -0.3 is 37.3 Å². The van der Waals surface area contributed by atoms with E-state index in [9.17, 15) is 14.4 Å². The van der Waals surface area contributed by atoms with E-state index < -0.39 is 18.1 Å². The molecule has 3 unspecified atom stereocenters. The van der Waals surface area contributed by atoms with Gasteiger partial charge in [-0.2, -0.15) is 0 Å². The van der Waals surface area contributed by atoms with Crippen molar-refractivity contribution in [2.24, 2.45) is 11.5 Å². The standard InChI is InChI=1S/C36H45ClN8O3S/c1-45-31(19-24-21-41-28-12-3-2-10-25(24)28)34(47)43-22-26-27(37)11-6-15-32(26)49-35-23(9-8-18-40-35)20-42-29(14-7-17-39)33(46)44-30(36(45)48)13-4-5-16-38/h2-3,6,8-12,15,18,21,29-31,41-42H,4-5,7,13-14,16-17,19-20,22,38-39H2,1H3,(H,43,47)(H,44,46). The number of carbonyl (C=O) groups is 3. The summed E-state index contributed by atoms with van der Waals surface area (Å²) in [6.45, 7) is 1.39. The number of benzene rings is 2. The molecule has 8 N–H and O–H groups in total. The molecule has 13 heteroatoms. The molecule has 0 bridgehead atoms. The Bertz CT molecular complexity index is 1750. The Morgan fingerprint density at radius 2 is 1.71 bits per heavy atom. The number of hydrogen-bond acceptors (Lipinski definition) is 8. The highest BCUT2D eigenvalue weighted by molar-refractivity contribution is 7.99. The van der Waals surface area contributed by atoms with Gasteiger partial charge in [0, 0.05) is 65.3 Å². The summed E-state index contributed by atoms with van der Waals surface area (Å²) in [6, 6.07) is 14.9. The summed E-state index contributed by atoms with van der Waals surface area (Å²) >= 11 is 8.19. The zero-order valence-electron chi connectivity index (χ0n) is 27.7. The highest BCUT2D eigenvalue weighted by Crippen LogP contribution is 2.35. The van der Waals surface area contributed by atoms with Crippen LogP contribution in [0.4, 0.5) is 0 Å². The number of halogens is 1. The Balaban J connectivity index is 1.55. The van der Waals surface area contributed by atoms with E-state index in [1.165, 1.54) is 16.7 Å². The van der Waals surface area contributed by atoms with Crippen LogP contribution >= 0.6 is 23.4 Å². The minimum Gasteiger partial charge on any atom is -0.361 e. The predicted molar refractivity (Wildman–Crippen MR) is 194 cm³/mol. The minimum absolute atomic E-state index is 0.144. The zero-order chi connectivity index (χ0) is 34.8. The van der Waals surface area contributed by atoms with E-state index >= 15 is 0 Å². The van der Waals surface area contributed by atoms with Crippen LogP contribution in [0.5, 0.6) is 0 Å². The number of aromatic amines is 1. The number of nitrogens with zero attached hydrogens (tertiary/aromatic N) is 2. The Labute approximate surface area is 296 Å². The highest BCUT2D eigenvalue weighted by atomic mass is 35.5. The first kappa shape index (κ1) is 36.3. The number of fused-ring (bicyclic) bond motifs is 3. The lowest BCUT2D eigenvalue weighted by Gasteiger charge is -2.32. The summed E-state index contributed by atoms with van der Waals surface area (Å²) < 4.78 is 0. The Morgan fingerprint density at radius 3 is 2.53 bits per heavy atom. The van der Waals surface area contributed by atoms with E-state index in [1.807, 2.05) is 54.7 Å². The maximum Gasteiger partial charge on any atom is 0.245 e. The maximum absolute atomic E-state index is 14.3. The van der Waals surface area contributed by atoms with Crippen LogP contribution in [0.1, 0.15) is 48.8 Å². The molecule has 3 atom stereocenters. The molecule has 0 saturated carbocycles. The van der Waals surface area contributed by atoms with Gasteiger partial charge in [-0.3, -0.25) is 14.4 Å². The lowest BCUT2D eigenvalue weighted by molar-refractivity contribution is -0.142. The molecule has 0 fully saturated rings. The monoisotopic (exact) mass is 704 g/mol. The first-order valence-corrected chi connectivity index (χ1v) is 17.9. The number of H-pyrrole nitrogens is 1. The van der Waals surface area contributed by atoms with Crippen molar-refractivity contribution < 1.29 is 14.4 Å². The van der Waals surface area contributed by atoms with Gasteiger partial charge in [-0.25, -0.2) is 4.98 Å². The molecular formula is C36H45ClN8O3S. The van der Waals surface area contributed by atoms with Gasteiger partial charge >= 0.3 is 0 Å². The number of nitrogens with two attached hydrogens (primary N) is 2. The normalized spacial score (nSPS) is 19.6. The van der Waals surface area contributed by atoms with Gasteiger partial charge in [0.15, 0.2) is 0 Å². The number of hydrogen-bond donors (Lipinski definition) is 6. The van der Waals surface area contributed by atoms with Crippen molar-refractivity contribution in [3.8, 4) is 0 Å². The fraction of sp³-hybridized carbons (Fsp3) is 0.389. The third-order valence-corrected chi connectivity index (χ3v) is 10.4. The summed E-state index contributed by atoms with van der Waals surface area (Å²) in [4.78, 5) is 52.7. The Morgan fingerprint density at radius 1 is 0.918 bits per heavy atom. The molecule has 260 valence electrons. The first-order valence-electron chi connectivity index (χ1n) is 16.7. The van der Waals surface area contributed by atoms with Gasteiger partial charge in [-0.1, -0.05) is 53.7 Å². The quantitative estimate of drug-likeness (QED) is 0.143. The molecule has 0 aliphatic carbocycles. The molecule has 4 aromatic rings. The van der Waals surface area contributed by atoms with Crippen LogP contribution in [-0.4, -0.2) is 70.9 Å². The molecule has 3 amide bonds. The van der Waals surface area contributed by atoms with E-state index in [2.05, 4.69) is 25.9 Å². The number of amides is 3. The number of para-hydroxylation sites is 1. The van der Waals surface area contributed by atoms with Gasteiger partial charge in [0.1, 0.15) is 17.1 Å². The van der Waals surface area contributed by atoms with E-state index in [4.69, 9.17) is 23.1 Å². The van der Waals surface area contributed by atoms with Gasteiger partial charge in [-0.05, 0) is 80.6 Å². The fourth-order valence-electron chi connectivity index (χ4n) is 6.07. The summed E-state index contributed by atoms with van der Waals surface area (Å²) in [5.74, 6) is -0.990. The first-order chi connectivity index (χ1) is 23.8. The molecule has 1 aliphatic rings. The number of carbonyl (C=O) groups excluding carboxylic acids is 3. The highest BCUT2D eigenvalue weighted by Gasteiger charge is 2.34. The van der Waals surface area contributed by atoms with Crippen molar-refractivity contribution in [3.05, 3.63) is 88.7 Å². The Hall–Kier alpha value is -3.94. The van der Waals surface area contributed by atoms with Crippen molar-refractivity contribution in [1.29, 1.82) is 0 Å². The van der Waals surface area contributed by atoms with Crippen LogP contribution < -0.4 is 27.4 Å². The van der Waals surface area contributed by atoms with Crippen molar-refractivity contribution >= 4 is 52.0 Å². The van der Waals surface area contributed by atoms with E-state index in [0.717, 1.165) is 37.5 Å². The molecule has 0 spiro atoms. The van der Waals surface area contributed by atoms with Crippen LogP contribution in [0, 0.1) is 0 Å². The van der Waals surface area contributed by atoms with Gasteiger partial charge in [0.25, 0.3) is 0 Å². The van der Waals surface area contributed by atoms with Crippen LogP contribution in [-0.2, 0) is 33.9 Å². The average molecular weight is 705 g/mol. The number of unbranched alkanes of at least 4 members (excludes halogenated alkanes) is 1. The van der Waals surface area contributed by atoms with E-state index in [-0.39, 0.29) is 30.7 Å². The van der Waals surface area contributed by atoms with Crippen molar-refractivity contribution in [3.63, 3.8) is 0 Å². The number of nitrogens with one attached hydrogen (secondary N) is 4. The molecule has 0 saturated heterocycles. The van der Waals surface area contributed by atoms with Crippen molar-refractivity contribution in [2.45, 2.75) is 79.7 Å². The maximum atomic E-state index is 14.3. The molecule has 5 rings (SSSR count). The fourth-order valence-corrected chi connectivity index (χ4v) is 7.41. The molecule has 3 heterocycles. The number of pyridine rings is 1. The average Bonchev–Trinajstić information content (AvgIpc) is 3.52. The molecule has 0 radical (unpaired) electrons. The van der Waals surface area contributed by atoms with Crippen LogP contribution in [0.15, 0.2) is 76.9 Å². The van der Waals surface area contributed by atoms with Crippen LogP contribution in [0.3, 0.4) is 0 Å². The lowest BCUT2D eigenvalue weighted by atomic mass is 10.0. The number of likely N-dealkylation sites (N-methyl/N-ethyl adjacent to an activating group) is 1. The largest absolute Gasteiger partial charge is 0.361 e. The van der Waals surface area contributed by atoms with Gasteiger partial charge in [0.05, 0.1) is 6.04 Å². The summed E-state index contributed by atoms with van der Waals surface area (Å²) in [5, 5.41) is 11.7. The minimum atomic E-state index is -0.886. The SMILES string of the molecule is CN1C(=O)C(CCCCN)NC(=O)C(CCCN)NCc2cccnc2Sc2cccc(Cl)c2CNC(=O)C1Cc1c[nH]c2ccccc12.